The van der Waals surface area contributed by atoms with Crippen LogP contribution in [0.3, 0.4) is 0 Å². The highest BCUT2D eigenvalue weighted by Crippen LogP contribution is 2.28. The van der Waals surface area contributed by atoms with E-state index in [1.165, 1.54) is 6.07 Å². The average molecular weight is 495 g/mol. The second-order valence-corrected chi connectivity index (χ2v) is 8.38. The van der Waals surface area contributed by atoms with Crippen LogP contribution in [0.4, 0.5) is 5.69 Å². The third-order valence-corrected chi connectivity index (χ3v) is 5.84. The molecule has 4 aromatic rings. The first-order chi connectivity index (χ1) is 16.3. The van der Waals surface area contributed by atoms with E-state index in [1.54, 1.807) is 67.6 Å². The minimum atomic E-state index is -0.440. The lowest BCUT2D eigenvalue weighted by atomic mass is 10.0. The summed E-state index contributed by atoms with van der Waals surface area (Å²) in [5.74, 6) is 0.243. The molecule has 172 valence electrons. The van der Waals surface area contributed by atoms with Crippen molar-refractivity contribution < 1.29 is 18.8 Å². The van der Waals surface area contributed by atoms with Gasteiger partial charge in [0.05, 0.1) is 27.5 Å². The second-order valence-electron chi connectivity index (χ2n) is 7.54. The molecule has 0 atom stereocenters. The number of aromatic nitrogens is 1. The van der Waals surface area contributed by atoms with Crippen molar-refractivity contribution in [2.45, 2.75) is 20.5 Å². The molecule has 1 aromatic heterocycles. The average Bonchev–Trinajstić information content (AvgIpc) is 3.15. The third-order valence-electron chi connectivity index (χ3n) is 5.28. The molecule has 0 aliphatic heterocycles. The Hall–Kier alpha value is -3.61. The van der Waals surface area contributed by atoms with Gasteiger partial charge < -0.3 is 14.6 Å². The Labute approximate surface area is 206 Å². The fourth-order valence-corrected chi connectivity index (χ4v) is 3.83. The number of carbonyl (C=O) groups is 2. The van der Waals surface area contributed by atoms with E-state index in [0.29, 0.717) is 38.4 Å². The molecule has 4 rings (SSSR count). The zero-order valence-corrected chi connectivity index (χ0v) is 19.9. The number of ketones is 1. The summed E-state index contributed by atoms with van der Waals surface area (Å²) in [7, 11) is 0. The molecule has 0 aliphatic rings. The summed E-state index contributed by atoms with van der Waals surface area (Å²) in [6, 6.07) is 18.2. The van der Waals surface area contributed by atoms with Gasteiger partial charge in [-0.05, 0) is 56.3 Å². The molecule has 0 spiro atoms. The molecule has 0 saturated heterocycles. The van der Waals surface area contributed by atoms with Crippen molar-refractivity contribution in [3.05, 3.63) is 110 Å². The minimum Gasteiger partial charge on any atom is -0.488 e. The van der Waals surface area contributed by atoms with Crippen molar-refractivity contribution in [2.75, 3.05) is 5.32 Å². The van der Waals surface area contributed by atoms with Crippen LogP contribution >= 0.6 is 23.2 Å². The molecule has 3 aromatic carbocycles. The van der Waals surface area contributed by atoms with Gasteiger partial charge >= 0.3 is 0 Å². The lowest BCUT2D eigenvalue weighted by Gasteiger charge is -2.14. The van der Waals surface area contributed by atoms with Gasteiger partial charge in [-0.15, -0.1) is 0 Å². The summed E-state index contributed by atoms with van der Waals surface area (Å²) in [6.45, 7) is 3.82. The monoisotopic (exact) mass is 494 g/mol. The predicted molar refractivity (Wildman–Crippen MR) is 131 cm³/mol. The Kier molecular flexibility index (Phi) is 7.01. The van der Waals surface area contributed by atoms with Crippen LogP contribution in [-0.4, -0.2) is 16.8 Å². The number of amides is 1. The van der Waals surface area contributed by atoms with Gasteiger partial charge in [0, 0.05) is 16.1 Å². The van der Waals surface area contributed by atoms with Gasteiger partial charge in [-0.3, -0.25) is 9.59 Å². The van der Waals surface area contributed by atoms with Gasteiger partial charge in [0.1, 0.15) is 18.1 Å². The van der Waals surface area contributed by atoms with Crippen molar-refractivity contribution in [3.63, 3.8) is 0 Å². The first kappa shape index (κ1) is 23.5. The summed E-state index contributed by atoms with van der Waals surface area (Å²) in [5, 5.41) is 7.39. The van der Waals surface area contributed by atoms with Gasteiger partial charge in [-0.2, -0.15) is 0 Å². The summed E-state index contributed by atoms with van der Waals surface area (Å²) in [6.07, 6.45) is 0. The first-order valence-corrected chi connectivity index (χ1v) is 11.1. The maximum absolute atomic E-state index is 13.2. The highest BCUT2D eigenvalue weighted by atomic mass is 35.5. The quantitative estimate of drug-likeness (QED) is 0.290. The molecule has 0 fully saturated rings. The fourth-order valence-electron chi connectivity index (χ4n) is 3.43. The molecule has 0 unspecified atom stereocenters. The highest BCUT2D eigenvalue weighted by molar-refractivity contribution is 6.36. The maximum atomic E-state index is 13.2. The molecule has 0 aliphatic carbocycles. The van der Waals surface area contributed by atoms with Crippen molar-refractivity contribution in [3.8, 4) is 5.75 Å². The van der Waals surface area contributed by atoms with Gasteiger partial charge in [0.2, 0.25) is 0 Å². The summed E-state index contributed by atoms with van der Waals surface area (Å²) in [4.78, 5) is 26.4. The van der Waals surface area contributed by atoms with Crippen molar-refractivity contribution in [1.29, 1.82) is 0 Å². The van der Waals surface area contributed by atoms with Crippen LogP contribution in [-0.2, 0) is 6.61 Å². The Morgan fingerprint density at radius 2 is 1.65 bits per heavy atom. The number of hydrogen-bond donors (Lipinski definition) is 1. The second kappa shape index (κ2) is 10.1. The lowest BCUT2D eigenvalue weighted by Crippen LogP contribution is -2.16. The number of carbonyl (C=O) groups excluding carboxylic acids is 2. The number of halogens is 2. The van der Waals surface area contributed by atoms with Crippen LogP contribution < -0.4 is 10.1 Å². The zero-order valence-electron chi connectivity index (χ0n) is 18.4. The minimum absolute atomic E-state index is 0.197. The fraction of sp³-hybridized carbons (Fsp3) is 0.115. The molecule has 0 radical (unpaired) electrons. The summed E-state index contributed by atoms with van der Waals surface area (Å²) >= 11 is 12.4. The highest BCUT2D eigenvalue weighted by Gasteiger charge is 2.20. The Bertz CT molecular complexity index is 1360. The SMILES string of the molecule is Cc1noc(C)c1COc1ccccc1C(=O)Nc1ccc(Cl)cc1C(=O)c1ccccc1Cl. The van der Waals surface area contributed by atoms with E-state index in [-0.39, 0.29) is 18.0 Å². The molecule has 1 amide bonds. The number of para-hydroxylation sites is 1. The Morgan fingerprint density at radius 1 is 0.941 bits per heavy atom. The van der Waals surface area contributed by atoms with Crippen molar-refractivity contribution in [2.24, 2.45) is 0 Å². The van der Waals surface area contributed by atoms with Gasteiger partial charge in [-0.25, -0.2) is 0 Å². The molecular formula is C26H20Cl2N2O4. The molecule has 1 heterocycles. The van der Waals surface area contributed by atoms with E-state index in [2.05, 4.69) is 10.5 Å². The molecule has 0 bridgehead atoms. The number of ether oxygens (including phenoxy) is 1. The normalized spacial score (nSPS) is 10.7. The number of rotatable bonds is 7. The number of aryl methyl sites for hydroxylation is 2. The molecular weight excluding hydrogens is 475 g/mol. The van der Waals surface area contributed by atoms with Crippen LogP contribution in [0.15, 0.2) is 71.3 Å². The van der Waals surface area contributed by atoms with Crippen LogP contribution in [0.1, 0.15) is 43.3 Å². The first-order valence-electron chi connectivity index (χ1n) is 10.4. The van der Waals surface area contributed by atoms with Crippen molar-refractivity contribution in [1.82, 2.24) is 5.16 Å². The topological polar surface area (TPSA) is 81.4 Å². The van der Waals surface area contributed by atoms with Gasteiger partial charge in [0.25, 0.3) is 5.91 Å². The molecule has 6 nitrogen and oxygen atoms in total. The van der Waals surface area contributed by atoms with Gasteiger partial charge in [0.15, 0.2) is 5.78 Å². The van der Waals surface area contributed by atoms with Crippen LogP contribution in [0.5, 0.6) is 5.75 Å². The number of benzene rings is 3. The molecule has 1 N–H and O–H groups in total. The largest absolute Gasteiger partial charge is 0.488 e. The molecule has 34 heavy (non-hydrogen) atoms. The van der Waals surface area contributed by atoms with E-state index in [1.807, 2.05) is 6.92 Å². The van der Waals surface area contributed by atoms with Crippen molar-refractivity contribution >= 4 is 40.6 Å². The summed E-state index contributed by atoms with van der Waals surface area (Å²) < 4.78 is 11.1. The molecule has 0 saturated carbocycles. The Morgan fingerprint density at radius 3 is 2.35 bits per heavy atom. The zero-order chi connectivity index (χ0) is 24.2. The van der Waals surface area contributed by atoms with E-state index >= 15 is 0 Å². The van der Waals surface area contributed by atoms with E-state index in [0.717, 1.165) is 11.3 Å². The predicted octanol–water partition coefficient (Wildman–Crippen LogP) is 6.66. The van der Waals surface area contributed by atoms with E-state index in [4.69, 9.17) is 32.5 Å². The van der Waals surface area contributed by atoms with E-state index in [9.17, 15) is 9.59 Å². The van der Waals surface area contributed by atoms with Crippen LogP contribution in [0.2, 0.25) is 10.0 Å². The Balaban J connectivity index is 1.61. The number of hydrogen-bond acceptors (Lipinski definition) is 5. The molecule has 8 heteroatoms. The maximum Gasteiger partial charge on any atom is 0.259 e. The smallest absolute Gasteiger partial charge is 0.259 e. The third kappa shape index (κ3) is 4.98. The standard InChI is InChI=1S/C26H20Cl2N2O4/c1-15-21(16(2)34-30-15)14-33-24-10-6-4-8-19(24)26(32)29-23-12-11-17(27)13-20(23)25(31)18-7-3-5-9-22(18)28/h3-13H,14H2,1-2H3,(H,29,32). The summed E-state index contributed by atoms with van der Waals surface area (Å²) in [5.41, 5.74) is 2.69. The van der Waals surface area contributed by atoms with Gasteiger partial charge in [-0.1, -0.05) is 52.6 Å². The number of nitrogens with zero attached hydrogens (tertiary/aromatic N) is 1. The number of anilines is 1. The number of nitrogens with one attached hydrogen (secondary N) is 1. The van der Waals surface area contributed by atoms with Crippen LogP contribution in [0.25, 0.3) is 0 Å². The lowest BCUT2D eigenvalue weighted by molar-refractivity contribution is 0.102. The van der Waals surface area contributed by atoms with Crippen LogP contribution in [0, 0.1) is 13.8 Å². The van der Waals surface area contributed by atoms with E-state index < -0.39 is 5.91 Å².